The van der Waals surface area contributed by atoms with Crippen LogP contribution in [-0.2, 0) is 28.5 Å². The van der Waals surface area contributed by atoms with E-state index in [4.69, 9.17) is 18.9 Å². The molecule has 10 nitrogen and oxygen atoms in total. The Balaban J connectivity index is 0.000000257. The summed E-state index contributed by atoms with van der Waals surface area (Å²) in [7, 11) is 2.60. The molecule has 0 spiro atoms. The van der Waals surface area contributed by atoms with Crippen molar-refractivity contribution in [2.24, 2.45) is 0 Å². The summed E-state index contributed by atoms with van der Waals surface area (Å²) in [6.45, 7) is 3.32. The Labute approximate surface area is 199 Å². The average Bonchev–Trinajstić information content (AvgIpc) is 3.26. The molecule has 4 N–H and O–H groups in total. The van der Waals surface area contributed by atoms with Gasteiger partial charge in [0.1, 0.15) is 24.4 Å². The van der Waals surface area contributed by atoms with E-state index in [0.29, 0.717) is 0 Å². The molecular weight excluding hydrogens is 504 g/mol. The van der Waals surface area contributed by atoms with Gasteiger partial charge in [-0.25, -0.2) is 9.59 Å². The van der Waals surface area contributed by atoms with Crippen LogP contribution < -0.4 is 0 Å². The van der Waals surface area contributed by atoms with Crippen LogP contribution in [-0.4, -0.2) is 95.4 Å². The van der Waals surface area contributed by atoms with Gasteiger partial charge in [0.15, 0.2) is 24.4 Å². The summed E-state index contributed by atoms with van der Waals surface area (Å²) in [5, 5.41) is 38.6. The first-order chi connectivity index (χ1) is 15.7. The van der Waals surface area contributed by atoms with Gasteiger partial charge in [0.25, 0.3) is 0 Å². The number of cyclic esters (lactones) is 2. The number of carbonyl (C=O) groups excluding carboxylic acids is 2. The van der Waals surface area contributed by atoms with Crippen molar-refractivity contribution >= 4 is 33.9 Å². The lowest BCUT2D eigenvalue weighted by Gasteiger charge is -2.17. The minimum Gasteiger partial charge on any atom is -0.454 e. The predicted molar refractivity (Wildman–Crippen MR) is 119 cm³/mol. The number of methoxy groups -OCH3 is 2. The summed E-state index contributed by atoms with van der Waals surface area (Å²) < 4.78 is 20.0. The van der Waals surface area contributed by atoms with Crippen LogP contribution >= 0.6 is 15.9 Å². The van der Waals surface area contributed by atoms with Gasteiger partial charge in [-0.05, 0) is 11.6 Å². The number of hydrogen-bond acceptors (Lipinski definition) is 10. The van der Waals surface area contributed by atoms with E-state index in [-0.39, 0.29) is 0 Å². The highest BCUT2D eigenvalue weighted by atomic mass is 79.9. The second kappa shape index (κ2) is 12.4. The van der Waals surface area contributed by atoms with Gasteiger partial charge in [-0.1, -0.05) is 52.4 Å². The van der Waals surface area contributed by atoms with Crippen molar-refractivity contribution in [1.29, 1.82) is 0 Å². The largest absolute Gasteiger partial charge is 0.454 e. The Bertz CT molecular complexity index is 859. The number of esters is 2. The lowest BCUT2D eigenvalue weighted by Crippen LogP contribution is -2.38. The van der Waals surface area contributed by atoms with Gasteiger partial charge >= 0.3 is 11.9 Å². The Morgan fingerprint density at radius 1 is 0.970 bits per heavy atom. The van der Waals surface area contributed by atoms with E-state index in [0.717, 1.165) is 10.0 Å². The normalized spacial score (nSPS) is 30.9. The summed E-state index contributed by atoms with van der Waals surface area (Å²) in [5.41, 5.74) is 0.869. The van der Waals surface area contributed by atoms with E-state index in [1.54, 1.807) is 6.08 Å². The number of hydrogen-bond donors (Lipinski definition) is 4. The first-order valence-corrected chi connectivity index (χ1v) is 10.7. The maximum atomic E-state index is 11.4. The lowest BCUT2D eigenvalue weighted by atomic mass is 10.0. The van der Waals surface area contributed by atoms with Crippen LogP contribution in [0.1, 0.15) is 5.56 Å². The summed E-state index contributed by atoms with van der Waals surface area (Å²) >= 11 is 3.38. The zero-order valence-corrected chi connectivity index (χ0v) is 19.6. The first-order valence-electron chi connectivity index (χ1n) is 9.90. The fraction of sp³-hybridized carbons (Fsp3) is 0.455. The molecule has 0 radical (unpaired) electrons. The number of aliphatic hydroxyl groups is 4. The molecule has 0 amide bonds. The number of ether oxygens (including phenoxy) is 4. The van der Waals surface area contributed by atoms with Crippen molar-refractivity contribution < 1.29 is 49.0 Å². The Kier molecular flexibility index (Phi) is 10.2. The summed E-state index contributed by atoms with van der Waals surface area (Å²) in [6, 6.07) is 7.48. The molecule has 182 valence electrons. The molecule has 33 heavy (non-hydrogen) atoms. The SMILES string of the molecule is C=C[C@@H](O)C1OC(=O)[C@H](OC)C1O.CO[C@H]1C(=O)OC([C@H](O)/C=C/c2ccccc2Br)C1O. The first kappa shape index (κ1) is 27.1. The van der Waals surface area contributed by atoms with Gasteiger partial charge in [-0.3, -0.25) is 0 Å². The molecule has 1 aromatic carbocycles. The zero-order valence-electron chi connectivity index (χ0n) is 18.0. The molecule has 0 bridgehead atoms. The van der Waals surface area contributed by atoms with E-state index in [1.807, 2.05) is 24.3 Å². The maximum absolute atomic E-state index is 11.4. The molecule has 0 saturated carbocycles. The predicted octanol–water partition coefficient (Wildman–Crippen LogP) is -0.0409. The maximum Gasteiger partial charge on any atom is 0.338 e. The van der Waals surface area contributed by atoms with Gasteiger partial charge in [0, 0.05) is 18.7 Å². The van der Waals surface area contributed by atoms with Crippen molar-refractivity contribution in [3.63, 3.8) is 0 Å². The quantitative estimate of drug-likeness (QED) is 0.279. The fourth-order valence-electron chi connectivity index (χ4n) is 3.24. The standard InChI is InChI=1S/C14H15BrO5.C8H12O5/c1-19-13-11(17)12(20-14(13)18)10(16)7-6-8-4-2-3-5-9(8)15;1-3-4(9)6-5(10)7(12-2)8(11)13-6/h2-7,10-13,16-17H,1H3;3-7,9-10H,1H2,2H3/b7-6+;/t10-,11?,12?,13-;4-,5?,6?,7-/m11/s1. The number of benzene rings is 1. The Morgan fingerprint density at radius 3 is 1.88 bits per heavy atom. The second-order valence-corrected chi connectivity index (χ2v) is 8.05. The summed E-state index contributed by atoms with van der Waals surface area (Å²) in [6.07, 6.45) is -4.22. The zero-order chi connectivity index (χ0) is 24.7. The van der Waals surface area contributed by atoms with E-state index < -0.39 is 60.8 Å². The Morgan fingerprint density at radius 2 is 1.45 bits per heavy atom. The molecule has 2 aliphatic rings. The van der Waals surface area contributed by atoms with Gasteiger partial charge in [-0.2, -0.15) is 0 Å². The third kappa shape index (κ3) is 6.48. The monoisotopic (exact) mass is 530 g/mol. The molecule has 3 rings (SSSR count). The highest BCUT2D eigenvalue weighted by Gasteiger charge is 2.47. The molecule has 0 aliphatic carbocycles. The molecule has 2 fully saturated rings. The van der Waals surface area contributed by atoms with Crippen molar-refractivity contribution in [1.82, 2.24) is 0 Å². The van der Waals surface area contributed by atoms with Crippen molar-refractivity contribution in [2.75, 3.05) is 14.2 Å². The highest BCUT2D eigenvalue weighted by Crippen LogP contribution is 2.24. The van der Waals surface area contributed by atoms with Gasteiger partial charge in [-0.15, -0.1) is 6.58 Å². The van der Waals surface area contributed by atoms with Gasteiger partial charge < -0.3 is 39.4 Å². The van der Waals surface area contributed by atoms with Crippen LogP contribution in [0.5, 0.6) is 0 Å². The second-order valence-electron chi connectivity index (χ2n) is 7.19. The van der Waals surface area contributed by atoms with E-state index >= 15 is 0 Å². The van der Waals surface area contributed by atoms with Crippen molar-refractivity contribution in [3.05, 3.63) is 53.0 Å². The van der Waals surface area contributed by atoms with Crippen LogP contribution in [0.2, 0.25) is 0 Å². The number of aliphatic hydroxyl groups excluding tert-OH is 4. The molecule has 8 atom stereocenters. The topological polar surface area (TPSA) is 152 Å². The molecule has 2 heterocycles. The molecule has 4 unspecified atom stereocenters. The van der Waals surface area contributed by atoms with E-state index in [9.17, 15) is 30.0 Å². The van der Waals surface area contributed by atoms with Crippen LogP contribution in [0.15, 0.2) is 47.5 Å². The highest BCUT2D eigenvalue weighted by molar-refractivity contribution is 9.10. The number of rotatable bonds is 7. The van der Waals surface area contributed by atoms with Gasteiger partial charge in [0.05, 0.1) is 0 Å². The molecular formula is C22H27BrO10. The molecule has 2 saturated heterocycles. The molecule has 11 heteroatoms. The summed E-state index contributed by atoms with van der Waals surface area (Å²) in [4.78, 5) is 22.4. The fourth-order valence-corrected chi connectivity index (χ4v) is 3.65. The van der Waals surface area contributed by atoms with Gasteiger partial charge in [0.2, 0.25) is 0 Å². The average molecular weight is 531 g/mol. The van der Waals surface area contributed by atoms with E-state index in [1.165, 1.54) is 26.4 Å². The lowest BCUT2D eigenvalue weighted by molar-refractivity contribution is -0.151. The van der Waals surface area contributed by atoms with Crippen LogP contribution in [0.3, 0.4) is 0 Å². The van der Waals surface area contributed by atoms with Crippen molar-refractivity contribution in [2.45, 2.75) is 48.8 Å². The smallest absolute Gasteiger partial charge is 0.338 e. The van der Waals surface area contributed by atoms with Crippen molar-refractivity contribution in [3.8, 4) is 0 Å². The molecule has 2 aliphatic heterocycles. The molecule has 0 aromatic heterocycles. The van der Waals surface area contributed by atoms with Crippen LogP contribution in [0, 0.1) is 0 Å². The third-order valence-corrected chi connectivity index (χ3v) is 5.79. The van der Waals surface area contributed by atoms with E-state index in [2.05, 4.69) is 22.5 Å². The summed E-state index contributed by atoms with van der Waals surface area (Å²) in [5.74, 6) is -1.33. The molecule has 1 aromatic rings. The number of halogens is 1. The van der Waals surface area contributed by atoms with Crippen LogP contribution in [0.25, 0.3) is 6.08 Å². The third-order valence-electron chi connectivity index (χ3n) is 5.06. The number of carbonyl (C=O) groups is 2. The Hall–Kier alpha value is -2.12. The van der Waals surface area contributed by atoms with Crippen LogP contribution in [0.4, 0.5) is 0 Å². The minimum absolute atomic E-state index is 0.666. The minimum atomic E-state index is -1.19.